The molecule has 0 amide bonds. The number of ether oxygens (including phenoxy) is 1. The van der Waals surface area contributed by atoms with Gasteiger partial charge in [-0.25, -0.2) is 8.42 Å². The maximum atomic E-state index is 12.3. The Balaban J connectivity index is 2.18. The predicted octanol–water partition coefficient (Wildman–Crippen LogP) is 1.27. The summed E-state index contributed by atoms with van der Waals surface area (Å²) in [4.78, 5) is 0.247. The van der Waals surface area contributed by atoms with Crippen LogP contribution in [0.1, 0.15) is 18.4 Å². The minimum atomic E-state index is -3.41. The number of hydrogen-bond acceptors (Lipinski definition) is 4. The number of hydrogen-bond donors (Lipinski definition) is 1. The van der Waals surface area contributed by atoms with Gasteiger partial charge >= 0.3 is 0 Å². The topological polar surface area (TPSA) is 72.6 Å². The Morgan fingerprint density at radius 1 is 1.55 bits per heavy atom. The lowest BCUT2D eigenvalue weighted by Crippen LogP contribution is -2.34. The number of anilines is 1. The summed E-state index contributed by atoms with van der Waals surface area (Å²) in [6.45, 7) is 0.640. The second kappa shape index (κ2) is 6.07. The van der Waals surface area contributed by atoms with Crippen LogP contribution in [0.5, 0.6) is 0 Å². The average molecular weight is 314 g/mol. The Morgan fingerprint density at radius 3 is 2.90 bits per heavy atom. The van der Waals surface area contributed by atoms with Crippen LogP contribution >= 0.6 is 12.2 Å². The zero-order valence-corrected chi connectivity index (χ0v) is 12.9. The normalized spacial score (nSPS) is 18.9. The highest BCUT2D eigenvalue weighted by atomic mass is 32.2. The second-order valence-electron chi connectivity index (χ2n) is 4.80. The number of nitrogens with two attached hydrogens (primary N) is 1. The van der Waals surface area contributed by atoms with Crippen molar-refractivity contribution in [3.63, 3.8) is 0 Å². The van der Waals surface area contributed by atoms with E-state index in [-0.39, 0.29) is 16.8 Å². The number of benzene rings is 1. The summed E-state index contributed by atoms with van der Waals surface area (Å²) in [5, 5.41) is 0. The third-order valence-corrected chi connectivity index (χ3v) is 5.41. The Hall–Kier alpha value is -1.18. The van der Waals surface area contributed by atoms with E-state index < -0.39 is 10.0 Å². The van der Waals surface area contributed by atoms with E-state index in [1.54, 1.807) is 24.3 Å². The Labute approximate surface area is 124 Å². The van der Waals surface area contributed by atoms with E-state index in [2.05, 4.69) is 0 Å². The molecule has 1 fully saturated rings. The molecule has 0 bridgehead atoms. The van der Waals surface area contributed by atoms with Crippen LogP contribution in [-0.2, 0) is 14.8 Å². The van der Waals surface area contributed by atoms with E-state index in [0.717, 1.165) is 12.8 Å². The lowest BCUT2D eigenvalue weighted by molar-refractivity contribution is 0.127. The molecule has 1 aromatic carbocycles. The lowest BCUT2D eigenvalue weighted by Gasteiger charge is -2.21. The van der Waals surface area contributed by atoms with Crippen molar-refractivity contribution >= 4 is 32.9 Å². The highest BCUT2D eigenvalue weighted by Crippen LogP contribution is 2.21. The largest absolute Gasteiger partial charge is 0.389 e. The van der Waals surface area contributed by atoms with E-state index >= 15 is 0 Å². The predicted molar refractivity (Wildman–Crippen MR) is 83.5 cm³/mol. The third-order valence-electron chi connectivity index (χ3n) is 3.33. The molecule has 0 spiro atoms. The summed E-state index contributed by atoms with van der Waals surface area (Å²) in [7, 11) is -1.88. The van der Waals surface area contributed by atoms with Gasteiger partial charge in [0.15, 0.2) is 0 Å². The van der Waals surface area contributed by atoms with E-state index in [9.17, 15) is 8.42 Å². The van der Waals surface area contributed by atoms with Gasteiger partial charge < -0.3 is 10.5 Å². The molecule has 0 aliphatic carbocycles. The molecule has 7 heteroatoms. The maximum Gasteiger partial charge on any atom is 0.237 e. The van der Waals surface area contributed by atoms with Crippen LogP contribution in [0.15, 0.2) is 24.3 Å². The summed E-state index contributed by atoms with van der Waals surface area (Å²) in [5.41, 5.74) is 6.77. The van der Waals surface area contributed by atoms with Crippen molar-refractivity contribution in [1.29, 1.82) is 0 Å². The number of nitrogens with zero attached hydrogens (tertiary/aromatic N) is 1. The van der Waals surface area contributed by atoms with Gasteiger partial charge in [-0.1, -0.05) is 24.4 Å². The maximum absolute atomic E-state index is 12.3. The van der Waals surface area contributed by atoms with Crippen LogP contribution in [0.3, 0.4) is 0 Å². The molecule has 0 aromatic heterocycles. The fourth-order valence-corrected chi connectivity index (χ4v) is 3.66. The molecule has 5 nitrogen and oxygen atoms in total. The molecular formula is C13H18N2O3S2. The van der Waals surface area contributed by atoms with Gasteiger partial charge in [-0.05, 0) is 25.0 Å². The van der Waals surface area contributed by atoms with E-state index in [0.29, 0.717) is 17.9 Å². The van der Waals surface area contributed by atoms with Crippen LogP contribution in [0.25, 0.3) is 0 Å². The summed E-state index contributed by atoms with van der Waals surface area (Å²) in [6, 6.07) is 6.89. The summed E-state index contributed by atoms with van der Waals surface area (Å²) in [5.74, 6) is 0.000793. The fourth-order valence-electron chi connectivity index (χ4n) is 2.14. The average Bonchev–Trinajstić information content (AvgIpc) is 2.90. The summed E-state index contributed by atoms with van der Waals surface area (Å²) < 4.78 is 31.4. The van der Waals surface area contributed by atoms with E-state index in [1.165, 1.54) is 11.4 Å². The van der Waals surface area contributed by atoms with Gasteiger partial charge in [-0.15, -0.1) is 0 Å². The molecule has 1 saturated heterocycles. The smallest absolute Gasteiger partial charge is 0.237 e. The molecule has 1 heterocycles. The quantitative estimate of drug-likeness (QED) is 0.829. The van der Waals surface area contributed by atoms with Crippen LogP contribution in [-0.4, -0.2) is 38.9 Å². The molecule has 20 heavy (non-hydrogen) atoms. The van der Waals surface area contributed by atoms with Gasteiger partial charge in [0.25, 0.3) is 0 Å². The van der Waals surface area contributed by atoms with Gasteiger partial charge in [0.05, 0.1) is 17.5 Å². The molecule has 2 rings (SSSR count). The van der Waals surface area contributed by atoms with Crippen molar-refractivity contribution in [2.24, 2.45) is 5.73 Å². The van der Waals surface area contributed by atoms with Crippen molar-refractivity contribution in [1.82, 2.24) is 0 Å². The van der Waals surface area contributed by atoms with Gasteiger partial charge in [-0.3, -0.25) is 4.31 Å². The molecule has 0 radical (unpaired) electrons. The van der Waals surface area contributed by atoms with E-state index in [1.807, 2.05) is 0 Å². The standard InChI is InChI=1S/C13H18N2O3S2/c1-15(11-5-2-4-10(8-11)13(14)19)20(16,17)9-12-6-3-7-18-12/h2,4-5,8,12H,3,6-7,9H2,1H3,(H2,14,19). The first-order valence-corrected chi connectivity index (χ1v) is 8.40. The minimum absolute atomic E-state index is 0.000793. The molecular weight excluding hydrogens is 296 g/mol. The molecule has 1 atom stereocenters. The van der Waals surface area contributed by atoms with Crippen molar-refractivity contribution in [3.8, 4) is 0 Å². The first-order chi connectivity index (χ1) is 9.40. The third kappa shape index (κ3) is 3.47. The van der Waals surface area contributed by atoms with Crippen molar-refractivity contribution in [2.45, 2.75) is 18.9 Å². The molecule has 0 saturated carbocycles. The van der Waals surface area contributed by atoms with Crippen LogP contribution in [0.2, 0.25) is 0 Å². The summed E-state index contributed by atoms with van der Waals surface area (Å²) >= 11 is 4.91. The van der Waals surface area contributed by atoms with Gasteiger partial charge in [-0.2, -0.15) is 0 Å². The highest BCUT2D eigenvalue weighted by molar-refractivity contribution is 7.92. The Kier molecular flexibility index (Phi) is 4.62. The SMILES string of the molecule is CN(c1cccc(C(N)=S)c1)S(=O)(=O)CC1CCCO1. The number of thiocarbonyl (C=S) groups is 1. The van der Waals surface area contributed by atoms with Crippen molar-refractivity contribution in [2.75, 3.05) is 23.7 Å². The minimum Gasteiger partial charge on any atom is -0.389 e. The Bertz CT molecular complexity index is 595. The zero-order valence-electron chi connectivity index (χ0n) is 11.3. The molecule has 110 valence electrons. The Morgan fingerprint density at radius 2 is 2.30 bits per heavy atom. The molecule has 1 aromatic rings. The second-order valence-corrected chi connectivity index (χ2v) is 7.28. The molecule has 1 aliphatic heterocycles. The first-order valence-electron chi connectivity index (χ1n) is 6.38. The number of sulfonamides is 1. The molecule has 1 unspecified atom stereocenters. The van der Waals surface area contributed by atoms with Crippen LogP contribution in [0.4, 0.5) is 5.69 Å². The summed E-state index contributed by atoms with van der Waals surface area (Å²) in [6.07, 6.45) is 1.50. The fraction of sp³-hybridized carbons (Fsp3) is 0.462. The van der Waals surface area contributed by atoms with Gasteiger partial charge in [0.2, 0.25) is 10.0 Å². The van der Waals surface area contributed by atoms with Gasteiger partial charge in [0, 0.05) is 19.2 Å². The lowest BCUT2D eigenvalue weighted by atomic mass is 10.2. The van der Waals surface area contributed by atoms with Gasteiger partial charge in [0.1, 0.15) is 4.99 Å². The van der Waals surface area contributed by atoms with Crippen molar-refractivity contribution < 1.29 is 13.2 Å². The van der Waals surface area contributed by atoms with E-state index in [4.69, 9.17) is 22.7 Å². The molecule has 1 aliphatic rings. The zero-order chi connectivity index (χ0) is 14.8. The number of rotatable bonds is 5. The monoisotopic (exact) mass is 314 g/mol. The van der Waals surface area contributed by atoms with Crippen LogP contribution < -0.4 is 10.0 Å². The first kappa shape index (κ1) is 15.2. The molecule has 2 N–H and O–H groups in total. The van der Waals surface area contributed by atoms with Crippen molar-refractivity contribution in [3.05, 3.63) is 29.8 Å². The highest BCUT2D eigenvalue weighted by Gasteiger charge is 2.26. The van der Waals surface area contributed by atoms with Crippen LogP contribution in [0, 0.1) is 0 Å².